The van der Waals surface area contributed by atoms with Crippen LogP contribution in [-0.2, 0) is 23.7 Å². The number of nitrogens with one attached hydrogen (secondary N) is 2. The molecule has 2 aliphatic rings. The van der Waals surface area contributed by atoms with Crippen molar-refractivity contribution in [2.24, 2.45) is 7.05 Å². The van der Waals surface area contributed by atoms with Crippen molar-refractivity contribution in [2.75, 3.05) is 25.1 Å². The molecule has 214 valence electrons. The predicted molar refractivity (Wildman–Crippen MR) is 151 cm³/mol. The van der Waals surface area contributed by atoms with Crippen LogP contribution in [-0.4, -0.2) is 66.6 Å². The Hall–Kier alpha value is -4.16. The molecule has 0 aliphatic carbocycles. The largest absolute Gasteiger partial charge is 0.416 e. The minimum Gasteiger partial charge on any atom is -0.416 e. The third-order valence-electron chi connectivity index (χ3n) is 7.50. The molecule has 1 saturated heterocycles. The molecule has 2 N–H and O–H groups in total. The van der Waals surface area contributed by atoms with E-state index in [-0.39, 0.29) is 23.3 Å². The first-order chi connectivity index (χ1) is 19.7. The Morgan fingerprint density at radius 1 is 1.15 bits per heavy atom. The fraction of sp³-hybridized carbons (Fsp3) is 0.448. The first-order valence-electron chi connectivity index (χ1n) is 13.9. The fourth-order valence-corrected chi connectivity index (χ4v) is 5.29. The van der Waals surface area contributed by atoms with Crippen LogP contribution in [0.25, 0.3) is 11.3 Å². The van der Waals surface area contributed by atoms with E-state index in [1.807, 2.05) is 46.1 Å². The monoisotopic (exact) mass is 557 g/mol. The second-order valence-corrected chi connectivity index (χ2v) is 11.7. The molecule has 0 unspecified atom stereocenters. The smallest absolute Gasteiger partial charge is 0.309 e. The van der Waals surface area contributed by atoms with Gasteiger partial charge in [-0.25, -0.2) is 9.97 Å². The van der Waals surface area contributed by atoms with Crippen LogP contribution in [0.2, 0.25) is 0 Å². The molecular formula is C29H35N9O3. The zero-order chi connectivity index (χ0) is 28.6. The van der Waals surface area contributed by atoms with Gasteiger partial charge in [0.25, 0.3) is 0 Å². The van der Waals surface area contributed by atoms with Crippen LogP contribution >= 0.6 is 0 Å². The van der Waals surface area contributed by atoms with Crippen LogP contribution in [0.15, 0.2) is 47.3 Å². The number of rotatable bonds is 6. The van der Waals surface area contributed by atoms with E-state index in [2.05, 4.69) is 47.9 Å². The number of hydrogen-bond donors (Lipinski definition) is 2. The van der Waals surface area contributed by atoms with Gasteiger partial charge in [-0.3, -0.25) is 14.4 Å². The van der Waals surface area contributed by atoms with E-state index < -0.39 is 0 Å². The van der Waals surface area contributed by atoms with Crippen LogP contribution in [0.1, 0.15) is 67.4 Å². The van der Waals surface area contributed by atoms with Crippen molar-refractivity contribution in [2.45, 2.75) is 57.7 Å². The quantitative estimate of drug-likeness (QED) is 0.361. The van der Waals surface area contributed by atoms with Gasteiger partial charge in [-0.1, -0.05) is 32.9 Å². The standard InChI is InChI=1S/C29H35N9O3/c1-29(2,3)27-36-35-26(41-27)25(39)33-24-8-11-38(21-9-12-40-17-21)15-19-13-18(5-6-22(19)24)23-7-10-30-28(34-23)32-20-14-31-37(4)16-20/h5-7,10,13-14,16,21,24H,8-9,11-12,15,17H2,1-4H3,(H,33,39)(H,30,32,34)/t21-,24+/m1/s1. The van der Waals surface area contributed by atoms with Crippen molar-refractivity contribution in [1.82, 2.24) is 40.2 Å². The van der Waals surface area contributed by atoms with Gasteiger partial charge in [0.15, 0.2) is 0 Å². The van der Waals surface area contributed by atoms with Crippen molar-refractivity contribution in [3.8, 4) is 11.3 Å². The molecule has 1 amide bonds. The first-order valence-corrected chi connectivity index (χ1v) is 13.9. The second-order valence-electron chi connectivity index (χ2n) is 11.7. The maximum absolute atomic E-state index is 13.2. The lowest BCUT2D eigenvalue weighted by Gasteiger charge is -2.26. The highest BCUT2D eigenvalue weighted by molar-refractivity contribution is 5.89. The molecular weight excluding hydrogens is 522 g/mol. The molecule has 2 aliphatic heterocycles. The molecule has 0 saturated carbocycles. The van der Waals surface area contributed by atoms with Gasteiger partial charge in [0.1, 0.15) is 0 Å². The summed E-state index contributed by atoms with van der Waals surface area (Å²) in [5.41, 5.74) is 4.46. The molecule has 41 heavy (non-hydrogen) atoms. The Labute approximate surface area is 238 Å². The average molecular weight is 558 g/mol. The predicted octanol–water partition coefficient (Wildman–Crippen LogP) is 3.77. The van der Waals surface area contributed by atoms with E-state index in [0.29, 0.717) is 17.9 Å². The molecule has 6 rings (SSSR count). The molecule has 5 heterocycles. The van der Waals surface area contributed by atoms with Crippen molar-refractivity contribution in [1.29, 1.82) is 0 Å². The number of aryl methyl sites for hydroxylation is 1. The third kappa shape index (κ3) is 5.98. The van der Waals surface area contributed by atoms with E-state index in [4.69, 9.17) is 14.1 Å². The van der Waals surface area contributed by atoms with Crippen LogP contribution < -0.4 is 10.6 Å². The number of amides is 1. The summed E-state index contributed by atoms with van der Waals surface area (Å²) in [7, 11) is 1.86. The molecule has 0 bridgehead atoms. The maximum atomic E-state index is 13.2. The number of carbonyl (C=O) groups is 1. The maximum Gasteiger partial charge on any atom is 0.309 e. The number of benzene rings is 1. The van der Waals surface area contributed by atoms with Crippen LogP contribution in [0.5, 0.6) is 0 Å². The van der Waals surface area contributed by atoms with Crippen LogP contribution in [0.3, 0.4) is 0 Å². The number of aromatic nitrogens is 6. The summed E-state index contributed by atoms with van der Waals surface area (Å²) in [5.74, 6) is 0.540. The summed E-state index contributed by atoms with van der Waals surface area (Å²) in [5, 5.41) is 18.7. The molecule has 0 spiro atoms. The normalized spacial score (nSPS) is 19.5. The number of fused-ring (bicyclic) bond motifs is 1. The molecule has 3 aromatic heterocycles. The zero-order valence-electron chi connectivity index (χ0n) is 23.8. The summed E-state index contributed by atoms with van der Waals surface area (Å²) >= 11 is 0. The van der Waals surface area contributed by atoms with Gasteiger partial charge < -0.3 is 19.8 Å². The summed E-state index contributed by atoms with van der Waals surface area (Å²) in [6.45, 7) is 8.99. The lowest BCUT2D eigenvalue weighted by Crippen LogP contribution is -2.36. The Balaban J connectivity index is 1.28. The fourth-order valence-electron chi connectivity index (χ4n) is 5.29. The molecule has 12 heteroatoms. The minimum absolute atomic E-state index is 0.0203. The Bertz CT molecular complexity index is 1530. The Kier molecular flexibility index (Phi) is 7.26. The highest BCUT2D eigenvalue weighted by Crippen LogP contribution is 2.33. The van der Waals surface area contributed by atoms with Gasteiger partial charge >= 0.3 is 11.8 Å². The lowest BCUT2D eigenvalue weighted by molar-refractivity contribution is 0.0891. The zero-order valence-corrected chi connectivity index (χ0v) is 23.8. The van der Waals surface area contributed by atoms with Gasteiger partial charge in [0.2, 0.25) is 11.8 Å². The number of ether oxygens (including phenoxy) is 1. The highest BCUT2D eigenvalue weighted by atomic mass is 16.5. The van der Waals surface area contributed by atoms with Crippen LogP contribution in [0, 0.1) is 0 Å². The van der Waals surface area contributed by atoms with Gasteiger partial charge in [0.05, 0.1) is 30.2 Å². The van der Waals surface area contributed by atoms with E-state index in [9.17, 15) is 4.79 Å². The molecule has 4 aromatic rings. The van der Waals surface area contributed by atoms with E-state index >= 15 is 0 Å². The summed E-state index contributed by atoms with van der Waals surface area (Å²) in [6.07, 6.45) is 7.09. The van der Waals surface area contributed by atoms with Gasteiger partial charge in [0, 0.05) is 56.2 Å². The summed E-state index contributed by atoms with van der Waals surface area (Å²) in [6, 6.07) is 8.35. The highest BCUT2D eigenvalue weighted by Gasteiger charge is 2.31. The Morgan fingerprint density at radius 3 is 2.76 bits per heavy atom. The van der Waals surface area contributed by atoms with E-state index in [0.717, 1.165) is 67.2 Å². The molecule has 2 atom stereocenters. The average Bonchev–Trinajstić information content (AvgIpc) is 3.71. The summed E-state index contributed by atoms with van der Waals surface area (Å²) in [4.78, 5) is 24.8. The summed E-state index contributed by atoms with van der Waals surface area (Å²) < 4.78 is 13.1. The first kappa shape index (κ1) is 27.0. The van der Waals surface area contributed by atoms with Gasteiger partial charge in [-0.2, -0.15) is 5.10 Å². The topological polar surface area (TPSA) is 136 Å². The van der Waals surface area contributed by atoms with E-state index in [1.165, 1.54) is 0 Å². The lowest BCUT2D eigenvalue weighted by atomic mass is 9.96. The number of anilines is 2. The van der Waals surface area contributed by atoms with Crippen molar-refractivity contribution >= 4 is 17.5 Å². The number of nitrogens with zero attached hydrogens (tertiary/aromatic N) is 7. The SMILES string of the molecule is Cn1cc(Nc2nccc(-c3ccc4c(c3)CN([C@@H]3CCOC3)CC[C@@H]4NC(=O)c3nnc(C(C)(C)C)o3)n2)cn1. The van der Waals surface area contributed by atoms with Crippen molar-refractivity contribution in [3.63, 3.8) is 0 Å². The molecule has 12 nitrogen and oxygen atoms in total. The van der Waals surface area contributed by atoms with Crippen LogP contribution in [0.4, 0.5) is 11.6 Å². The second kappa shape index (κ2) is 11.0. The molecule has 1 fully saturated rings. The number of hydrogen-bond acceptors (Lipinski definition) is 10. The van der Waals surface area contributed by atoms with Gasteiger partial charge in [-0.05, 0) is 36.1 Å². The van der Waals surface area contributed by atoms with Crippen molar-refractivity contribution < 1.29 is 13.9 Å². The van der Waals surface area contributed by atoms with Gasteiger partial charge in [-0.15, -0.1) is 10.2 Å². The van der Waals surface area contributed by atoms with Crippen molar-refractivity contribution in [3.05, 3.63) is 65.8 Å². The minimum atomic E-state index is -0.368. The molecule has 1 aromatic carbocycles. The Morgan fingerprint density at radius 2 is 2.02 bits per heavy atom. The van der Waals surface area contributed by atoms with E-state index in [1.54, 1.807) is 17.1 Å². The number of carbonyl (C=O) groups excluding carboxylic acids is 1. The third-order valence-corrected chi connectivity index (χ3v) is 7.50. The molecule has 0 radical (unpaired) electrons.